The molecule has 1 amide bonds. The number of likely N-dealkylation sites (tertiary alicyclic amines) is 1. The van der Waals surface area contributed by atoms with Gasteiger partial charge in [0.1, 0.15) is 5.69 Å². The first-order chi connectivity index (χ1) is 11.1. The van der Waals surface area contributed by atoms with Crippen LogP contribution in [0.3, 0.4) is 0 Å². The van der Waals surface area contributed by atoms with E-state index in [2.05, 4.69) is 29.1 Å². The Balaban J connectivity index is 1.71. The van der Waals surface area contributed by atoms with E-state index in [0.717, 1.165) is 44.5 Å². The van der Waals surface area contributed by atoms with Crippen molar-refractivity contribution in [1.29, 1.82) is 0 Å². The van der Waals surface area contributed by atoms with Crippen LogP contribution in [-0.2, 0) is 13.0 Å². The normalized spacial score (nSPS) is 18.6. The van der Waals surface area contributed by atoms with E-state index in [9.17, 15) is 4.79 Å². The molecule has 0 bridgehead atoms. The Hall–Kier alpha value is -2.11. The van der Waals surface area contributed by atoms with Crippen molar-refractivity contribution in [2.24, 2.45) is 5.92 Å². The zero-order valence-electron chi connectivity index (χ0n) is 13.9. The highest BCUT2D eigenvalue weighted by Gasteiger charge is 2.29. The van der Waals surface area contributed by atoms with E-state index in [-0.39, 0.29) is 11.9 Å². The molecule has 6 nitrogen and oxygen atoms in total. The van der Waals surface area contributed by atoms with Crippen LogP contribution < -0.4 is 0 Å². The number of rotatable bonds is 5. The molecule has 23 heavy (non-hydrogen) atoms. The summed E-state index contributed by atoms with van der Waals surface area (Å²) in [5.74, 6) is 0.578. The first-order valence-electron chi connectivity index (χ1n) is 8.46. The molecule has 0 saturated carbocycles. The second-order valence-corrected chi connectivity index (χ2v) is 6.75. The van der Waals surface area contributed by atoms with Gasteiger partial charge in [0, 0.05) is 24.6 Å². The van der Waals surface area contributed by atoms with Crippen LogP contribution in [-0.4, -0.2) is 43.4 Å². The number of carbonyl (C=O) groups is 1. The first-order valence-corrected chi connectivity index (χ1v) is 8.46. The van der Waals surface area contributed by atoms with Crippen LogP contribution in [0.2, 0.25) is 0 Å². The van der Waals surface area contributed by atoms with Gasteiger partial charge in [-0.1, -0.05) is 13.8 Å². The molecular weight excluding hydrogens is 290 g/mol. The Labute approximate surface area is 136 Å². The molecule has 3 rings (SSSR count). The minimum atomic E-state index is 0.0353. The summed E-state index contributed by atoms with van der Waals surface area (Å²) >= 11 is 0. The van der Waals surface area contributed by atoms with Crippen molar-refractivity contribution in [3.63, 3.8) is 0 Å². The summed E-state index contributed by atoms with van der Waals surface area (Å²) in [7, 11) is 0. The highest BCUT2D eigenvalue weighted by atomic mass is 16.2. The van der Waals surface area contributed by atoms with E-state index in [1.807, 2.05) is 27.9 Å². The number of nitrogens with zero attached hydrogens (tertiary/aromatic N) is 4. The van der Waals surface area contributed by atoms with E-state index in [1.54, 1.807) is 6.20 Å². The van der Waals surface area contributed by atoms with Crippen molar-refractivity contribution in [2.45, 2.75) is 52.1 Å². The zero-order chi connectivity index (χ0) is 16.2. The molecule has 3 heterocycles. The largest absolute Gasteiger partial charge is 0.332 e. The average Bonchev–Trinajstić information content (AvgIpc) is 3.18. The number of amides is 1. The van der Waals surface area contributed by atoms with Crippen LogP contribution in [0.25, 0.3) is 0 Å². The summed E-state index contributed by atoms with van der Waals surface area (Å²) in [5, 5.41) is 11.5. The van der Waals surface area contributed by atoms with E-state index < -0.39 is 0 Å². The van der Waals surface area contributed by atoms with Crippen LogP contribution in [0.1, 0.15) is 49.3 Å². The zero-order valence-corrected chi connectivity index (χ0v) is 13.9. The third-order valence-corrected chi connectivity index (χ3v) is 4.32. The second kappa shape index (κ2) is 6.98. The predicted molar refractivity (Wildman–Crippen MR) is 88.0 cm³/mol. The van der Waals surface area contributed by atoms with Gasteiger partial charge in [0.25, 0.3) is 5.91 Å². The lowest BCUT2D eigenvalue weighted by atomic mass is 10.0. The quantitative estimate of drug-likeness (QED) is 0.922. The Morgan fingerprint density at radius 2 is 2.30 bits per heavy atom. The molecular formula is C17H25N5O. The molecule has 1 fully saturated rings. The summed E-state index contributed by atoms with van der Waals surface area (Å²) in [4.78, 5) is 14.8. The molecule has 1 N–H and O–H groups in total. The number of carbonyl (C=O) groups excluding carboxylic acids is 1. The maximum absolute atomic E-state index is 12.9. The monoisotopic (exact) mass is 315 g/mol. The maximum Gasteiger partial charge on any atom is 0.274 e. The summed E-state index contributed by atoms with van der Waals surface area (Å²) in [6, 6.07) is 4.02. The molecule has 0 radical (unpaired) electrons. The van der Waals surface area contributed by atoms with Crippen LogP contribution in [0.5, 0.6) is 0 Å². The van der Waals surface area contributed by atoms with Crippen molar-refractivity contribution in [2.75, 3.05) is 6.54 Å². The maximum atomic E-state index is 12.9. The summed E-state index contributed by atoms with van der Waals surface area (Å²) < 4.78 is 1.91. The molecule has 0 aliphatic carbocycles. The fourth-order valence-electron chi connectivity index (χ4n) is 3.24. The number of hydrogen-bond donors (Lipinski definition) is 1. The van der Waals surface area contributed by atoms with E-state index >= 15 is 0 Å². The lowest BCUT2D eigenvalue weighted by Crippen LogP contribution is -2.46. The van der Waals surface area contributed by atoms with Crippen molar-refractivity contribution in [3.8, 4) is 0 Å². The number of hydrogen-bond acceptors (Lipinski definition) is 3. The topological polar surface area (TPSA) is 66.8 Å². The van der Waals surface area contributed by atoms with Gasteiger partial charge >= 0.3 is 0 Å². The molecule has 1 aliphatic rings. The Kier molecular flexibility index (Phi) is 4.79. The lowest BCUT2D eigenvalue weighted by molar-refractivity contribution is 0.0578. The van der Waals surface area contributed by atoms with Gasteiger partial charge in [-0.05, 0) is 43.7 Å². The van der Waals surface area contributed by atoms with Gasteiger partial charge in [-0.2, -0.15) is 10.2 Å². The van der Waals surface area contributed by atoms with Crippen LogP contribution >= 0.6 is 0 Å². The molecule has 0 spiro atoms. The molecule has 1 unspecified atom stereocenters. The standard InChI is InChI=1S/C17H25N5O/c1-13(2)10-14-11-16(20-19-14)17(23)22-9-4-3-6-15(22)12-21-8-5-7-18-21/h5,7-8,11,13,15H,3-4,6,9-10,12H2,1-2H3,(H,19,20). The van der Waals surface area contributed by atoms with Gasteiger partial charge in [-0.15, -0.1) is 0 Å². The molecule has 124 valence electrons. The molecule has 1 aliphatic heterocycles. The van der Waals surface area contributed by atoms with Crippen molar-refractivity contribution < 1.29 is 4.79 Å². The Bertz CT molecular complexity index is 631. The molecule has 2 aromatic rings. The van der Waals surface area contributed by atoms with Gasteiger partial charge in [0.15, 0.2) is 0 Å². The van der Waals surface area contributed by atoms with Crippen LogP contribution in [0.15, 0.2) is 24.5 Å². The van der Waals surface area contributed by atoms with Gasteiger partial charge in [0.2, 0.25) is 0 Å². The summed E-state index contributed by atoms with van der Waals surface area (Å²) in [5.41, 5.74) is 1.57. The third kappa shape index (κ3) is 3.81. The Morgan fingerprint density at radius 3 is 3.04 bits per heavy atom. The van der Waals surface area contributed by atoms with Crippen molar-refractivity contribution >= 4 is 5.91 Å². The highest BCUT2D eigenvalue weighted by Crippen LogP contribution is 2.21. The van der Waals surface area contributed by atoms with Gasteiger partial charge in [-0.25, -0.2) is 0 Å². The first kappa shape index (κ1) is 15.8. The summed E-state index contributed by atoms with van der Waals surface area (Å²) in [6.45, 7) is 5.87. The number of aromatic nitrogens is 4. The summed E-state index contributed by atoms with van der Waals surface area (Å²) in [6.07, 6.45) is 7.89. The Morgan fingerprint density at radius 1 is 1.43 bits per heavy atom. The minimum Gasteiger partial charge on any atom is -0.332 e. The molecule has 0 aromatic carbocycles. The SMILES string of the molecule is CC(C)Cc1cc(C(=O)N2CCCCC2Cn2cccn2)n[nH]1. The second-order valence-electron chi connectivity index (χ2n) is 6.75. The minimum absolute atomic E-state index is 0.0353. The fourth-order valence-corrected chi connectivity index (χ4v) is 3.24. The van der Waals surface area contributed by atoms with Crippen LogP contribution in [0, 0.1) is 5.92 Å². The number of aromatic amines is 1. The predicted octanol–water partition coefficient (Wildman–Crippen LogP) is 2.50. The molecule has 2 aromatic heterocycles. The van der Waals surface area contributed by atoms with E-state index in [0.29, 0.717) is 11.6 Å². The van der Waals surface area contributed by atoms with E-state index in [4.69, 9.17) is 0 Å². The van der Waals surface area contributed by atoms with Crippen LogP contribution in [0.4, 0.5) is 0 Å². The molecule has 1 atom stereocenters. The van der Waals surface area contributed by atoms with Crippen molar-refractivity contribution in [1.82, 2.24) is 24.9 Å². The highest BCUT2D eigenvalue weighted by molar-refractivity contribution is 5.92. The van der Waals surface area contributed by atoms with Gasteiger partial charge < -0.3 is 4.90 Å². The average molecular weight is 315 g/mol. The van der Waals surface area contributed by atoms with Gasteiger partial charge in [-0.3, -0.25) is 14.6 Å². The third-order valence-electron chi connectivity index (χ3n) is 4.32. The number of nitrogens with one attached hydrogen (secondary N) is 1. The van der Waals surface area contributed by atoms with Gasteiger partial charge in [0.05, 0.1) is 12.6 Å². The molecule has 6 heteroatoms. The van der Waals surface area contributed by atoms with Crippen molar-refractivity contribution in [3.05, 3.63) is 35.9 Å². The number of H-pyrrole nitrogens is 1. The lowest BCUT2D eigenvalue weighted by Gasteiger charge is -2.35. The number of piperidine rings is 1. The van der Waals surface area contributed by atoms with E-state index in [1.165, 1.54) is 0 Å². The smallest absolute Gasteiger partial charge is 0.274 e. The molecule has 1 saturated heterocycles. The fraction of sp³-hybridized carbons (Fsp3) is 0.588.